The molecule has 2 rings (SSSR count). The molecule has 1 fully saturated rings. The molecule has 0 spiro atoms. The first kappa shape index (κ1) is 13.0. The molecule has 1 aromatic rings. The molecule has 1 amide bonds. The molecule has 0 saturated heterocycles. The fourth-order valence-corrected chi connectivity index (χ4v) is 2.38. The summed E-state index contributed by atoms with van der Waals surface area (Å²) in [5.74, 6) is -0.570. The van der Waals surface area contributed by atoms with Crippen LogP contribution in [0.2, 0.25) is 0 Å². The molecule has 1 N–H and O–H groups in total. The van der Waals surface area contributed by atoms with E-state index in [0.29, 0.717) is 18.4 Å². The number of hydrogen-bond donors (Lipinski definition) is 1. The van der Waals surface area contributed by atoms with Crippen molar-refractivity contribution in [3.63, 3.8) is 0 Å². The van der Waals surface area contributed by atoms with Gasteiger partial charge < -0.3 is 10.0 Å². The van der Waals surface area contributed by atoms with Crippen molar-refractivity contribution < 1.29 is 14.3 Å². The van der Waals surface area contributed by atoms with Gasteiger partial charge in [0.2, 0.25) is 0 Å². The maximum absolute atomic E-state index is 13.1. The largest absolute Gasteiger partial charge is 0.393 e. The third-order valence-corrected chi connectivity index (χ3v) is 3.34. The molecule has 4 heteroatoms. The van der Waals surface area contributed by atoms with Gasteiger partial charge in [-0.05, 0) is 44.9 Å². The number of benzene rings is 1. The van der Waals surface area contributed by atoms with Gasteiger partial charge in [0.1, 0.15) is 5.82 Å². The zero-order valence-electron chi connectivity index (χ0n) is 10.6. The summed E-state index contributed by atoms with van der Waals surface area (Å²) in [5, 5.41) is 9.35. The number of carbonyl (C=O) groups is 1. The molecule has 1 saturated carbocycles. The molecule has 0 aromatic heterocycles. The van der Waals surface area contributed by atoms with Gasteiger partial charge in [-0.1, -0.05) is 6.07 Å². The second-order valence-corrected chi connectivity index (χ2v) is 5.10. The highest BCUT2D eigenvalue weighted by Gasteiger charge is 2.36. The van der Waals surface area contributed by atoms with E-state index >= 15 is 0 Å². The van der Waals surface area contributed by atoms with Gasteiger partial charge in [-0.15, -0.1) is 0 Å². The number of carbonyl (C=O) groups excluding carboxylic acids is 1. The Morgan fingerprint density at radius 3 is 2.61 bits per heavy atom. The molecule has 1 aliphatic rings. The molecule has 0 atom stereocenters. The third kappa shape index (κ3) is 2.53. The number of nitrogens with zero attached hydrogens (tertiary/aromatic N) is 1. The summed E-state index contributed by atoms with van der Waals surface area (Å²) < 4.78 is 13.1. The van der Waals surface area contributed by atoms with Crippen molar-refractivity contribution >= 4 is 5.91 Å². The molecule has 1 aliphatic carbocycles. The average Bonchev–Trinajstić information content (AvgIpc) is 2.26. The van der Waals surface area contributed by atoms with Gasteiger partial charge in [-0.3, -0.25) is 4.79 Å². The van der Waals surface area contributed by atoms with E-state index < -0.39 is 5.82 Å². The van der Waals surface area contributed by atoms with E-state index in [1.54, 1.807) is 11.0 Å². The van der Waals surface area contributed by atoms with Crippen LogP contribution in [0.4, 0.5) is 4.39 Å². The normalized spacial score (nSPS) is 22.7. The summed E-state index contributed by atoms with van der Waals surface area (Å²) in [4.78, 5) is 14.1. The zero-order chi connectivity index (χ0) is 13.3. The molecular formula is C14H18FNO2. The smallest absolute Gasteiger partial charge is 0.254 e. The Hall–Kier alpha value is -1.42. The summed E-state index contributed by atoms with van der Waals surface area (Å²) in [5.41, 5.74) is 0.366. The van der Waals surface area contributed by atoms with E-state index in [1.807, 2.05) is 13.8 Å². The highest BCUT2D eigenvalue weighted by atomic mass is 19.1. The maximum Gasteiger partial charge on any atom is 0.254 e. The summed E-state index contributed by atoms with van der Waals surface area (Å²) in [6.45, 7) is 3.86. The number of halogens is 1. The lowest BCUT2D eigenvalue weighted by Crippen LogP contribution is -2.52. The van der Waals surface area contributed by atoms with Crippen LogP contribution in [0.3, 0.4) is 0 Å². The first-order chi connectivity index (χ1) is 8.49. The molecule has 98 valence electrons. The summed E-state index contributed by atoms with van der Waals surface area (Å²) in [7, 11) is 0. The Kier molecular flexibility index (Phi) is 3.66. The summed E-state index contributed by atoms with van der Waals surface area (Å²) >= 11 is 0. The number of aliphatic hydroxyl groups excluding tert-OH is 1. The molecular weight excluding hydrogens is 233 g/mol. The highest BCUT2D eigenvalue weighted by molar-refractivity contribution is 5.94. The standard InChI is InChI=1S/C14H18FNO2/c1-9(2)16(12-7-13(17)8-12)14(18)10-4-3-5-11(15)6-10/h3-6,9,12-13,17H,7-8H2,1-2H3. The topological polar surface area (TPSA) is 40.5 Å². The Balaban J connectivity index is 2.18. The number of rotatable bonds is 3. The lowest BCUT2D eigenvalue weighted by atomic mass is 9.87. The van der Waals surface area contributed by atoms with Gasteiger partial charge >= 0.3 is 0 Å². The molecule has 0 unspecified atom stereocenters. The lowest BCUT2D eigenvalue weighted by Gasteiger charge is -2.43. The minimum Gasteiger partial charge on any atom is -0.393 e. The van der Waals surface area contributed by atoms with Crippen LogP contribution in [-0.2, 0) is 0 Å². The fourth-order valence-electron chi connectivity index (χ4n) is 2.38. The first-order valence-electron chi connectivity index (χ1n) is 6.25. The van der Waals surface area contributed by atoms with Gasteiger partial charge in [-0.2, -0.15) is 0 Å². The summed E-state index contributed by atoms with van der Waals surface area (Å²) in [6.07, 6.45) is 0.912. The van der Waals surface area contributed by atoms with Crippen molar-refractivity contribution in [3.8, 4) is 0 Å². The quantitative estimate of drug-likeness (QED) is 0.894. The first-order valence-corrected chi connectivity index (χ1v) is 6.25. The van der Waals surface area contributed by atoms with Crippen molar-refractivity contribution in [1.82, 2.24) is 4.90 Å². The Bertz CT molecular complexity index is 441. The van der Waals surface area contributed by atoms with Crippen LogP contribution in [0.5, 0.6) is 0 Å². The molecule has 0 heterocycles. The highest BCUT2D eigenvalue weighted by Crippen LogP contribution is 2.28. The third-order valence-electron chi connectivity index (χ3n) is 3.34. The van der Waals surface area contributed by atoms with Crippen molar-refractivity contribution in [2.24, 2.45) is 0 Å². The van der Waals surface area contributed by atoms with Crippen LogP contribution in [0, 0.1) is 5.82 Å². The van der Waals surface area contributed by atoms with Crippen LogP contribution in [0.15, 0.2) is 24.3 Å². The van der Waals surface area contributed by atoms with Crippen molar-refractivity contribution in [3.05, 3.63) is 35.6 Å². The molecule has 0 radical (unpaired) electrons. The molecule has 0 bridgehead atoms. The van der Waals surface area contributed by atoms with E-state index in [1.165, 1.54) is 18.2 Å². The van der Waals surface area contributed by atoms with Gasteiger partial charge in [0.15, 0.2) is 0 Å². The predicted molar refractivity (Wildman–Crippen MR) is 66.7 cm³/mol. The monoisotopic (exact) mass is 251 g/mol. The Labute approximate surface area is 106 Å². The SMILES string of the molecule is CC(C)N(C(=O)c1cccc(F)c1)C1CC(O)C1. The van der Waals surface area contributed by atoms with Gasteiger partial charge in [-0.25, -0.2) is 4.39 Å². The van der Waals surface area contributed by atoms with Crippen molar-refractivity contribution in [1.29, 1.82) is 0 Å². The summed E-state index contributed by atoms with van der Waals surface area (Å²) in [6, 6.07) is 5.84. The maximum atomic E-state index is 13.1. The van der Waals surface area contributed by atoms with Crippen LogP contribution in [0.1, 0.15) is 37.0 Å². The minimum atomic E-state index is -0.404. The zero-order valence-corrected chi connectivity index (χ0v) is 10.6. The van der Waals surface area contributed by atoms with Crippen LogP contribution < -0.4 is 0 Å². The van der Waals surface area contributed by atoms with E-state index in [-0.39, 0.29) is 24.1 Å². The lowest BCUT2D eigenvalue weighted by molar-refractivity contribution is -0.00459. The van der Waals surface area contributed by atoms with E-state index in [2.05, 4.69) is 0 Å². The average molecular weight is 251 g/mol. The Morgan fingerprint density at radius 2 is 2.11 bits per heavy atom. The molecule has 1 aromatic carbocycles. The second kappa shape index (κ2) is 5.06. The number of hydrogen-bond acceptors (Lipinski definition) is 2. The van der Waals surface area contributed by atoms with E-state index in [4.69, 9.17) is 0 Å². The fraction of sp³-hybridized carbons (Fsp3) is 0.500. The number of amides is 1. The van der Waals surface area contributed by atoms with Crippen LogP contribution >= 0.6 is 0 Å². The van der Waals surface area contributed by atoms with Crippen LogP contribution in [-0.4, -0.2) is 34.1 Å². The van der Waals surface area contributed by atoms with Gasteiger partial charge in [0.25, 0.3) is 5.91 Å². The molecule has 0 aliphatic heterocycles. The minimum absolute atomic E-state index is 0.0401. The van der Waals surface area contributed by atoms with Gasteiger partial charge in [0, 0.05) is 17.6 Å². The number of aliphatic hydroxyl groups is 1. The van der Waals surface area contributed by atoms with Crippen LogP contribution in [0.25, 0.3) is 0 Å². The van der Waals surface area contributed by atoms with Crippen molar-refractivity contribution in [2.45, 2.75) is 44.9 Å². The van der Waals surface area contributed by atoms with Crippen molar-refractivity contribution in [2.75, 3.05) is 0 Å². The predicted octanol–water partition coefficient (Wildman–Crippen LogP) is 2.20. The van der Waals surface area contributed by atoms with Gasteiger partial charge in [0.05, 0.1) is 6.10 Å². The second-order valence-electron chi connectivity index (χ2n) is 5.10. The molecule has 3 nitrogen and oxygen atoms in total. The molecule has 18 heavy (non-hydrogen) atoms. The van der Waals surface area contributed by atoms with E-state index in [9.17, 15) is 14.3 Å². The Morgan fingerprint density at radius 1 is 1.44 bits per heavy atom. The van der Waals surface area contributed by atoms with E-state index in [0.717, 1.165) is 0 Å².